The van der Waals surface area contributed by atoms with Crippen LogP contribution >= 0.6 is 45.2 Å². The van der Waals surface area contributed by atoms with E-state index in [4.69, 9.17) is 0 Å². The first kappa shape index (κ1) is 13.1. The van der Waals surface area contributed by atoms with Gasteiger partial charge in [-0.05, 0) is 101 Å². The number of benzene rings is 1. The summed E-state index contributed by atoms with van der Waals surface area (Å²) in [6.45, 7) is 5.68. The van der Waals surface area contributed by atoms with E-state index < -0.39 is 0 Å². The second-order valence-electron chi connectivity index (χ2n) is 4.75. The minimum absolute atomic E-state index is 0.568. The lowest BCUT2D eigenvalue weighted by Crippen LogP contribution is -2.32. The molecule has 88 valence electrons. The van der Waals surface area contributed by atoms with Gasteiger partial charge in [0.05, 0.1) is 0 Å². The smallest absolute Gasteiger partial charge is 0.0321 e. The zero-order chi connectivity index (χ0) is 11.7. The molecule has 2 unspecified atom stereocenters. The number of rotatable bonds is 1. The van der Waals surface area contributed by atoms with Crippen molar-refractivity contribution in [1.29, 1.82) is 0 Å². The molecule has 1 aliphatic heterocycles. The third kappa shape index (κ3) is 2.90. The van der Waals surface area contributed by atoms with Gasteiger partial charge in [0.15, 0.2) is 0 Å². The summed E-state index contributed by atoms with van der Waals surface area (Å²) in [7, 11) is 0. The second-order valence-corrected chi connectivity index (χ2v) is 7.08. The highest BCUT2D eigenvalue weighted by Gasteiger charge is 2.19. The van der Waals surface area contributed by atoms with Gasteiger partial charge in [-0.1, -0.05) is 6.92 Å². The van der Waals surface area contributed by atoms with Gasteiger partial charge in [-0.2, -0.15) is 0 Å². The average molecular weight is 441 g/mol. The van der Waals surface area contributed by atoms with E-state index in [9.17, 15) is 0 Å². The first-order valence-electron chi connectivity index (χ1n) is 5.77. The highest BCUT2D eigenvalue weighted by molar-refractivity contribution is 14.1. The molecule has 1 nitrogen and oxygen atoms in total. The quantitative estimate of drug-likeness (QED) is 0.643. The molecular formula is C13H17I2N. The lowest BCUT2D eigenvalue weighted by Gasteiger charge is -2.28. The van der Waals surface area contributed by atoms with E-state index in [2.05, 4.69) is 76.5 Å². The second kappa shape index (κ2) is 5.52. The Labute approximate surface area is 125 Å². The van der Waals surface area contributed by atoms with Crippen LogP contribution in [0.2, 0.25) is 0 Å². The minimum atomic E-state index is 0.568. The molecule has 0 spiro atoms. The Morgan fingerprint density at radius 3 is 2.31 bits per heavy atom. The highest BCUT2D eigenvalue weighted by Crippen LogP contribution is 2.29. The monoisotopic (exact) mass is 441 g/mol. The number of nitrogens with one attached hydrogen (secondary N) is 1. The summed E-state index contributed by atoms with van der Waals surface area (Å²) in [6, 6.07) is 5.25. The SMILES string of the molecule is Cc1c(I)cc(C2CCC(C)CN2)cc1I. The van der Waals surface area contributed by atoms with E-state index in [0.717, 1.165) is 12.5 Å². The van der Waals surface area contributed by atoms with Crippen LogP contribution < -0.4 is 5.32 Å². The summed E-state index contributed by atoms with van der Waals surface area (Å²) >= 11 is 4.89. The molecule has 0 bridgehead atoms. The maximum absolute atomic E-state index is 3.65. The minimum Gasteiger partial charge on any atom is -0.310 e. The van der Waals surface area contributed by atoms with Crippen LogP contribution in [-0.2, 0) is 0 Å². The van der Waals surface area contributed by atoms with E-state index in [1.165, 1.54) is 31.1 Å². The molecule has 0 aliphatic carbocycles. The number of hydrogen-bond acceptors (Lipinski definition) is 1. The molecule has 1 fully saturated rings. The van der Waals surface area contributed by atoms with Crippen molar-refractivity contribution in [2.45, 2.75) is 32.7 Å². The van der Waals surface area contributed by atoms with Gasteiger partial charge < -0.3 is 5.32 Å². The van der Waals surface area contributed by atoms with Crippen molar-refractivity contribution in [2.75, 3.05) is 6.54 Å². The molecule has 1 heterocycles. The van der Waals surface area contributed by atoms with Crippen LogP contribution in [0.15, 0.2) is 12.1 Å². The molecule has 16 heavy (non-hydrogen) atoms. The summed E-state index contributed by atoms with van der Waals surface area (Å²) in [4.78, 5) is 0. The third-order valence-corrected chi connectivity index (χ3v) is 5.61. The van der Waals surface area contributed by atoms with Gasteiger partial charge in [-0.25, -0.2) is 0 Å². The van der Waals surface area contributed by atoms with Gasteiger partial charge in [0.25, 0.3) is 0 Å². The fourth-order valence-corrected chi connectivity index (χ4v) is 3.97. The molecule has 0 aromatic heterocycles. The number of halogens is 2. The molecule has 0 saturated carbocycles. The van der Waals surface area contributed by atoms with E-state index in [0.29, 0.717) is 6.04 Å². The summed E-state index contributed by atoms with van der Waals surface area (Å²) in [6.07, 6.45) is 2.62. The summed E-state index contributed by atoms with van der Waals surface area (Å²) in [5.41, 5.74) is 2.88. The van der Waals surface area contributed by atoms with Gasteiger partial charge in [0.1, 0.15) is 0 Å². The Morgan fingerprint density at radius 1 is 1.19 bits per heavy atom. The van der Waals surface area contributed by atoms with Crippen molar-refractivity contribution in [2.24, 2.45) is 5.92 Å². The predicted octanol–water partition coefficient (Wildman–Crippen LogP) is 4.26. The molecule has 2 atom stereocenters. The first-order chi connectivity index (χ1) is 7.58. The standard InChI is InChI=1S/C13H17I2N/c1-8-3-4-13(16-7-8)10-5-11(14)9(2)12(15)6-10/h5-6,8,13,16H,3-4,7H2,1-2H3. The largest absolute Gasteiger partial charge is 0.310 e. The molecule has 1 N–H and O–H groups in total. The zero-order valence-corrected chi connectivity index (χ0v) is 14.0. The maximum Gasteiger partial charge on any atom is 0.0321 e. The average Bonchev–Trinajstić information content (AvgIpc) is 2.26. The van der Waals surface area contributed by atoms with Gasteiger partial charge in [0.2, 0.25) is 0 Å². The van der Waals surface area contributed by atoms with Gasteiger partial charge in [0, 0.05) is 13.2 Å². The van der Waals surface area contributed by atoms with Crippen LogP contribution in [0.5, 0.6) is 0 Å². The molecular weight excluding hydrogens is 424 g/mol. The zero-order valence-electron chi connectivity index (χ0n) is 9.69. The lowest BCUT2D eigenvalue weighted by molar-refractivity contribution is 0.333. The number of piperidine rings is 1. The van der Waals surface area contributed by atoms with Crippen molar-refractivity contribution in [1.82, 2.24) is 5.32 Å². The number of hydrogen-bond donors (Lipinski definition) is 1. The summed E-state index contributed by atoms with van der Waals surface area (Å²) < 4.78 is 2.78. The van der Waals surface area contributed by atoms with Crippen LogP contribution in [0.1, 0.15) is 36.9 Å². The maximum atomic E-state index is 3.65. The van der Waals surface area contributed by atoms with Crippen LogP contribution in [-0.4, -0.2) is 6.54 Å². The van der Waals surface area contributed by atoms with Gasteiger partial charge in [-0.15, -0.1) is 0 Å². The fraction of sp³-hybridized carbons (Fsp3) is 0.538. The van der Waals surface area contributed by atoms with Gasteiger partial charge >= 0.3 is 0 Å². The van der Waals surface area contributed by atoms with Crippen LogP contribution in [0, 0.1) is 20.0 Å². The van der Waals surface area contributed by atoms with Crippen molar-refractivity contribution in [3.8, 4) is 0 Å². The lowest BCUT2D eigenvalue weighted by atomic mass is 9.92. The molecule has 1 aromatic rings. The van der Waals surface area contributed by atoms with Crippen molar-refractivity contribution in [3.05, 3.63) is 30.4 Å². The molecule has 1 saturated heterocycles. The first-order valence-corrected chi connectivity index (χ1v) is 7.92. The topological polar surface area (TPSA) is 12.0 Å². The van der Waals surface area contributed by atoms with Crippen LogP contribution in [0.4, 0.5) is 0 Å². The Bertz CT molecular complexity index is 359. The molecule has 2 rings (SSSR count). The van der Waals surface area contributed by atoms with E-state index in [1.807, 2.05) is 0 Å². The Balaban J connectivity index is 2.21. The molecule has 1 aromatic carbocycles. The van der Waals surface area contributed by atoms with E-state index in [1.54, 1.807) is 0 Å². The van der Waals surface area contributed by atoms with Crippen LogP contribution in [0.3, 0.4) is 0 Å². The highest BCUT2D eigenvalue weighted by atomic mass is 127. The van der Waals surface area contributed by atoms with Crippen molar-refractivity contribution >= 4 is 45.2 Å². The van der Waals surface area contributed by atoms with Crippen molar-refractivity contribution in [3.63, 3.8) is 0 Å². The van der Waals surface area contributed by atoms with Crippen LogP contribution in [0.25, 0.3) is 0 Å². The predicted molar refractivity (Wildman–Crippen MR) is 85.8 cm³/mol. The normalized spacial score (nSPS) is 25.8. The Hall–Kier alpha value is 0.640. The Kier molecular flexibility index (Phi) is 4.51. The van der Waals surface area contributed by atoms with Gasteiger partial charge in [-0.3, -0.25) is 0 Å². The summed E-state index contributed by atoms with van der Waals surface area (Å²) in [5.74, 6) is 0.833. The molecule has 1 aliphatic rings. The van der Waals surface area contributed by atoms with E-state index >= 15 is 0 Å². The molecule has 3 heteroatoms. The third-order valence-electron chi connectivity index (χ3n) is 3.37. The summed E-state index contributed by atoms with van der Waals surface area (Å²) in [5, 5.41) is 3.65. The van der Waals surface area contributed by atoms with Crippen molar-refractivity contribution < 1.29 is 0 Å². The Morgan fingerprint density at radius 2 is 1.81 bits per heavy atom. The van der Waals surface area contributed by atoms with E-state index in [-0.39, 0.29) is 0 Å². The molecule has 0 amide bonds. The molecule has 0 radical (unpaired) electrons. The fourth-order valence-electron chi connectivity index (χ4n) is 2.15.